The number of amides is 2. The van der Waals surface area contributed by atoms with E-state index in [0.29, 0.717) is 12.2 Å². The molecule has 2 amide bonds. The van der Waals surface area contributed by atoms with Gasteiger partial charge in [0.05, 0.1) is 0 Å². The van der Waals surface area contributed by atoms with E-state index in [-0.39, 0.29) is 18.4 Å². The highest BCUT2D eigenvalue weighted by atomic mass is 16.5. The van der Waals surface area contributed by atoms with Gasteiger partial charge >= 0.3 is 0 Å². The third-order valence-corrected chi connectivity index (χ3v) is 3.11. The zero-order chi connectivity index (χ0) is 15.7. The number of rotatable bonds is 7. The Hall–Kier alpha value is -2.04. The summed E-state index contributed by atoms with van der Waals surface area (Å²) in [5.74, 6) is 0.160. The summed E-state index contributed by atoms with van der Waals surface area (Å²) in [6.07, 6.45) is 3.32. The Bertz CT molecular complexity index is 466. The topological polar surface area (TPSA) is 67.4 Å². The molecule has 5 heteroatoms. The lowest BCUT2D eigenvalue weighted by atomic mass is 10.1. The lowest BCUT2D eigenvalue weighted by Crippen LogP contribution is -2.43. The largest absolute Gasteiger partial charge is 0.483 e. The van der Waals surface area contributed by atoms with Crippen LogP contribution in [-0.4, -0.2) is 18.4 Å². The van der Waals surface area contributed by atoms with Crippen molar-refractivity contribution in [3.63, 3.8) is 0 Å². The molecule has 1 aromatic carbocycles. The van der Waals surface area contributed by atoms with Crippen molar-refractivity contribution in [3.8, 4) is 5.75 Å². The van der Waals surface area contributed by atoms with Crippen LogP contribution in [0.4, 0.5) is 0 Å². The maximum Gasteiger partial charge on any atom is 0.276 e. The monoisotopic (exact) mass is 292 g/mol. The second kappa shape index (κ2) is 9.00. The van der Waals surface area contributed by atoms with Crippen molar-refractivity contribution < 1.29 is 14.3 Å². The summed E-state index contributed by atoms with van der Waals surface area (Å²) in [6, 6.07) is 5.79. The summed E-state index contributed by atoms with van der Waals surface area (Å²) in [5, 5.41) is 0. The molecule has 0 unspecified atom stereocenters. The van der Waals surface area contributed by atoms with E-state index in [1.54, 1.807) is 0 Å². The van der Waals surface area contributed by atoms with E-state index in [0.717, 1.165) is 30.4 Å². The Morgan fingerprint density at radius 3 is 2.29 bits per heavy atom. The number of unbranched alkanes of at least 4 members (excludes halogenated alkanes) is 2. The highest BCUT2D eigenvalue weighted by molar-refractivity contribution is 5.82. The molecule has 1 rings (SSSR count). The van der Waals surface area contributed by atoms with Gasteiger partial charge in [-0.2, -0.15) is 0 Å². The number of ether oxygens (including phenoxy) is 1. The molecule has 0 fully saturated rings. The fraction of sp³-hybridized carbons (Fsp3) is 0.500. The summed E-state index contributed by atoms with van der Waals surface area (Å²) in [6.45, 7) is 5.80. The predicted octanol–water partition coefficient (Wildman–Crippen LogP) is 2.41. The molecule has 0 aliphatic heterocycles. The van der Waals surface area contributed by atoms with Gasteiger partial charge in [0.1, 0.15) is 5.75 Å². The zero-order valence-electron chi connectivity index (χ0n) is 13.0. The van der Waals surface area contributed by atoms with Gasteiger partial charge in [-0.1, -0.05) is 38.0 Å². The molecule has 0 aromatic heterocycles. The lowest BCUT2D eigenvalue weighted by molar-refractivity contribution is -0.130. The average Bonchev–Trinajstić information content (AvgIpc) is 2.45. The van der Waals surface area contributed by atoms with E-state index in [1.165, 1.54) is 0 Å². The molecule has 0 atom stereocenters. The first-order valence-corrected chi connectivity index (χ1v) is 7.31. The van der Waals surface area contributed by atoms with Gasteiger partial charge in [-0.15, -0.1) is 0 Å². The van der Waals surface area contributed by atoms with E-state index >= 15 is 0 Å². The number of para-hydroxylation sites is 1. The quantitative estimate of drug-likeness (QED) is 0.599. The van der Waals surface area contributed by atoms with Crippen molar-refractivity contribution in [1.29, 1.82) is 0 Å². The third kappa shape index (κ3) is 6.29. The predicted molar refractivity (Wildman–Crippen MR) is 81.8 cm³/mol. The normalized spacial score (nSPS) is 10.0. The zero-order valence-corrected chi connectivity index (χ0v) is 13.0. The fourth-order valence-electron chi connectivity index (χ4n) is 1.94. The van der Waals surface area contributed by atoms with Crippen LogP contribution in [0, 0.1) is 13.8 Å². The molecule has 0 aliphatic rings. The van der Waals surface area contributed by atoms with Crippen LogP contribution in [-0.2, 0) is 9.59 Å². The second-order valence-corrected chi connectivity index (χ2v) is 5.06. The molecule has 1 aromatic rings. The molecule has 5 nitrogen and oxygen atoms in total. The summed E-state index contributed by atoms with van der Waals surface area (Å²) in [7, 11) is 0. The van der Waals surface area contributed by atoms with Gasteiger partial charge in [0, 0.05) is 6.42 Å². The van der Waals surface area contributed by atoms with Crippen LogP contribution >= 0.6 is 0 Å². The van der Waals surface area contributed by atoms with Gasteiger partial charge in [-0.3, -0.25) is 20.4 Å². The highest BCUT2D eigenvalue weighted by Gasteiger charge is 2.08. The van der Waals surface area contributed by atoms with Gasteiger partial charge in [0.15, 0.2) is 6.61 Å². The van der Waals surface area contributed by atoms with Crippen LogP contribution in [0.15, 0.2) is 18.2 Å². The second-order valence-electron chi connectivity index (χ2n) is 5.06. The minimum Gasteiger partial charge on any atom is -0.483 e. The number of aryl methyl sites for hydroxylation is 2. The molecule has 0 spiro atoms. The minimum atomic E-state index is -0.374. The van der Waals surface area contributed by atoms with Crippen molar-refractivity contribution >= 4 is 11.8 Å². The van der Waals surface area contributed by atoms with Gasteiger partial charge in [-0.05, 0) is 31.4 Å². The number of hydrogen-bond acceptors (Lipinski definition) is 3. The van der Waals surface area contributed by atoms with Crippen LogP contribution in [0.2, 0.25) is 0 Å². The smallest absolute Gasteiger partial charge is 0.276 e. The summed E-state index contributed by atoms with van der Waals surface area (Å²) in [4.78, 5) is 23.1. The van der Waals surface area contributed by atoms with Crippen molar-refractivity contribution in [3.05, 3.63) is 29.3 Å². The number of nitrogens with one attached hydrogen (secondary N) is 2. The molecule has 116 valence electrons. The van der Waals surface area contributed by atoms with E-state index in [9.17, 15) is 9.59 Å². The van der Waals surface area contributed by atoms with Crippen LogP contribution < -0.4 is 15.6 Å². The molecule has 0 bridgehead atoms. The van der Waals surface area contributed by atoms with Crippen molar-refractivity contribution in [2.45, 2.75) is 46.5 Å². The van der Waals surface area contributed by atoms with Gasteiger partial charge in [0.25, 0.3) is 5.91 Å². The van der Waals surface area contributed by atoms with Gasteiger partial charge in [0.2, 0.25) is 5.91 Å². The molecular formula is C16H24N2O3. The van der Waals surface area contributed by atoms with E-state index in [1.807, 2.05) is 32.0 Å². The number of hydrogen-bond donors (Lipinski definition) is 2. The standard InChI is InChI=1S/C16H24N2O3/c1-4-5-6-10-14(19)17-18-15(20)11-21-16-12(2)8-7-9-13(16)3/h7-9H,4-6,10-11H2,1-3H3,(H,17,19)(H,18,20). The van der Waals surface area contributed by atoms with Crippen molar-refractivity contribution in [2.75, 3.05) is 6.61 Å². The molecule has 0 heterocycles. The van der Waals surface area contributed by atoms with Crippen molar-refractivity contribution in [1.82, 2.24) is 10.9 Å². The molecule has 2 N–H and O–H groups in total. The lowest BCUT2D eigenvalue weighted by Gasteiger charge is -2.12. The maximum atomic E-state index is 11.6. The molecular weight excluding hydrogens is 268 g/mol. The van der Waals surface area contributed by atoms with Crippen molar-refractivity contribution in [2.24, 2.45) is 0 Å². The summed E-state index contributed by atoms with van der Waals surface area (Å²) >= 11 is 0. The molecule has 21 heavy (non-hydrogen) atoms. The Labute approximate surface area is 126 Å². The Balaban J connectivity index is 2.30. The first-order chi connectivity index (χ1) is 10.0. The third-order valence-electron chi connectivity index (χ3n) is 3.11. The van der Waals surface area contributed by atoms with E-state index in [2.05, 4.69) is 17.8 Å². The molecule has 0 aliphatic carbocycles. The maximum absolute atomic E-state index is 11.6. The molecule has 0 saturated carbocycles. The Morgan fingerprint density at radius 2 is 1.67 bits per heavy atom. The number of carbonyl (C=O) groups excluding carboxylic acids is 2. The van der Waals surface area contributed by atoms with Gasteiger partial charge in [-0.25, -0.2) is 0 Å². The summed E-state index contributed by atoms with van der Waals surface area (Å²) in [5.41, 5.74) is 6.70. The number of hydrazine groups is 1. The van der Waals surface area contributed by atoms with Crippen LogP contribution in [0.5, 0.6) is 5.75 Å². The highest BCUT2D eigenvalue weighted by Crippen LogP contribution is 2.21. The average molecular weight is 292 g/mol. The van der Waals surface area contributed by atoms with Crippen LogP contribution in [0.3, 0.4) is 0 Å². The van der Waals surface area contributed by atoms with E-state index < -0.39 is 0 Å². The first kappa shape index (κ1) is 17.0. The van der Waals surface area contributed by atoms with E-state index in [4.69, 9.17) is 4.74 Å². The first-order valence-electron chi connectivity index (χ1n) is 7.31. The molecule has 0 saturated heterocycles. The Morgan fingerprint density at radius 1 is 1.05 bits per heavy atom. The van der Waals surface area contributed by atoms with Crippen LogP contribution in [0.25, 0.3) is 0 Å². The summed E-state index contributed by atoms with van der Waals surface area (Å²) < 4.78 is 5.50. The number of carbonyl (C=O) groups is 2. The van der Waals surface area contributed by atoms with Crippen LogP contribution in [0.1, 0.15) is 43.7 Å². The Kier molecular flexibility index (Phi) is 7.29. The van der Waals surface area contributed by atoms with Gasteiger partial charge < -0.3 is 4.74 Å². The number of benzene rings is 1. The fourth-order valence-corrected chi connectivity index (χ4v) is 1.94. The minimum absolute atomic E-state index is 0.124. The molecule has 0 radical (unpaired) electrons. The SMILES string of the molecule is CCCCCC(=O)NNC(=O)COc1c(C)cccc1C.